The summed E-state index contributed by atoms with van der Waals surface area (Å²) >= 11 is 0. The van der Waals surface area contributed by atoms with Gasteiger partial charge in [-0.1, -0.05) is 0 Å². The van der Waals surface area contributed by atoms with Gasteiger partial charge in [-0.2, -0.15) is 5.10 Å². The molecule has 3 rings (SSSR count). The number of H-pyrrole nitrogens is 1. The second kappa shape index (κ2) is 6.74. The van der Waals surface area contributed by atoms with E-state index in [-0.39, 0.29) is 11.8 Å². The molecule has 0 saturated carbocycles. The van der Waals surface area contributed by atoms with Crippen LogP contribution in [0.15, 0.2) is 24.3 Å². The molecule has 0 atom stereocenters. The minimum absolute atomic E-state index is 0.162. The number of benzene rings is 1. The predicted octanol–water partition coefficient (Wildman–Crippen LogP) is 1.60. The number of hydrogen-bond donors (Lipinski definition) is 2. The number of piperazine rings is 1. The van der Waals surface area contributed by atoms with E-state index >= 15 is 0 Å². The molecule has 0 radical (unpaired) electrons. The number of aromatic nitrogens is 3. The third-order valence-electron chi connectivity index (χ3n) is 3.76. The highest BCUT2D eigenvalue weighted by Crippen LogP contribution is 2.11. The summed E-state index contributed by atoms with van der Waals surface area (Å²) in [5.41, 5.74) is 0.593. The van der Waals surface area contributed by atoms with Crippen LogP contribution >= 0.6 is 0 Å². The Morgan fingerprint density at radius 3 is 2.57 bits per heavy atom. The van der Waals surface area contributed by atoms with E-state index in [0.29, 0.717) is 25.3 Å². The van der Waals surface area contributed by atoms with Crippen LogP contribution in [0.5, 0.6) is 0 Å². The predicted molar refractivity (Wildman–Crippen MR) is 83.4 cm³/mol. The number of carbonyl (C=O) groups is 1. The van der Waals surface area contributed by atoms with Crippen molar-refractivity contribution >= 4 is 11.7 Å². The number of rotatable bonds is 3. The fourth-order valence-electron chi connectivity index (χ4n) is 2.50. The van der Waals surface area contributed by atoms with Gasteiger partial charge in [0.25, 0.3) is 0 Å². The second-order valence-electron chi connectivity index (χ2n) is 5.54. The molecule has 1 aliphatic heterocycles. The molecule has 1 aliphatic rings. The van der Waals surface area contributed by atoms with Crippen molar-refractivity contribution < 1.29 is 9.18 Å². The number of hydrogen-bond acceptors (Lipinski definition) is 4. The molecule has 0 bridgehead atoms. The molecule has 8 heteroatoms. The van der Waals surface area contributed by atoms with Crippen molar-refractivity contribution in [3.8, 4) is 0 Å². The Kier molecular flexibility index (Phi) is 4.52. The Labute approximate surface area is 133 Å². The zero-order valence-corrected chi connectivity index (χ0v) is 12.9. The molecule has 1 saturated heterocycles. The molecule has 1 aromatic heterocycles. The van der Waals surface area contributed by atoms with E-state index < -0.39 is 0 Å². The minimum Gasteiger partial charge on any atom is -0.322 e. The van der Waals surface area contributed by atoms with E-state index in [1.165, 1.54) is 12.1 Å². The number of carbonyl (C=O) groups excluding carboxylic acids is 1. The number of amides is 2. The molecule has 2 amide bonds. The van der Waals surface area contributed by atoms with Gasteiger partial charge in [-0.25, -0.2) is 14.2 Å². The molecule has 122 valence electrons. The van der Waals surface area contributed by atoms with Crippen molar-refractivity contribution in [2.24, 2.45) is 0 Å². The number of nitrogens with one attached hydrogen (secondary N) is 2. The first-order chi connectivity index (χ1) is 11.1. The maximum atomic E-state index is 12.9. The Morgan fingerprint density at radius 1 is 1.26 bits per heavy atom. The van der Waals surface area contributed by atoms with E-state index in [2.05, 4.69) is 25.4 Å². The van der Waals surface area contributed by atoms with Crippen molar-refractivity contribution in [2.45, 2.75) is 13.5 Å². The lowest BCUT2D eigenvalue weighted by Gasteiger charge is -2.34. The van der Waals surface area contributed by atoms with Crippen LogP contribution < -0.4 is 5.32 Å². The molecule has 0 spiro atoms. The number of halogens is 1. The maximum Gasteiger partial charge on any atom is 0.321 e. The second-order valence-corrected chi connectivity index (χ2v) is 5.54. The van der Waals surface area contributed by atoms with Crippen LogP contribution in [0.4, 0.5) is 14.9 Å². The topological polar surface area (TPSA) is 77.2 Å². The van der Waals surface area contributed by atoms with E-state index in [1.807, 2.05) is 6.92 Å². The largest absolute Gasteiger partial charge is 0.322 e. The lowest BCUT2D eigenvalue weighted by atomic mass is 10.3. The van der Waals surface area contributed by atoms with Crippen molar-refractivity contribution in [3.63, 3.8) is 0 Å². The molecule has 23 heavy (non-hydrogen) atoms. The fourth-order valence-corrected chi connectivity index (χ4v) is 2.50. The summed E-state index contributed by atoms with van der Waals surface area (Å²) in [6, 6.07) is 5.59. The molecule has 1 aromatic carbocycles. The third kappa shape index (κ3) is 4.04. The summed E-state index contributed by atoms with van der Waals surface area (Å²) < 4.78 is 12.9. The first-order valence-corrected chi connectivity index (χ1v) is 7.52. The Morgan fingerprint density at radius 2 is 1.96 bits per heavy atom. The number of aryl methyl sites for hydroxylation is 1. The average Bonchev–Trinajstić information content (AvgIpc) is 2.95. The molecule has 7 nitrogen and oxygen atoms in total. The molecule has 2 aromatic rings. The smallest absolute Gasteiger partial charge is 0.321 e. The van der Waals surface area contributed by atoms with Gasteiger partial charge in [0.05, 0.1) is 6.54 Å². The summed E-state index contributed by atoms with van der Waals surface area (Å²) in [5.74, 6) is 1.25. The normalized spacial score (nSPS) is 15.7. The van der Waals surface area contributed by atoms with Gasteiger partial charge >= 0.3 is 6.03 Å². The first kappa shape index (κ1) is 15.4. The fraction of sp³-hybridized carbons (Fsp3) is 0.400. The minimum atomic E-state index is -0.321. The first-order valence-electron chi connectivity index (χ1n) is 7.52. The van der Waals surface area contributed by atoms with Gasteiger partial charge in [0.2, 0.25) is 0 Å². The van der Waals surface area contributed by atoms with Crippen molar-refractivity contribution in [3.05, 3.63) is 41.7 Å². The van der Waals surface area contributed by atoms with Gasteiger partial charge in [0, 0.05) is 31.9 Å². The van der Waals surface area contributed by atoms with Crippen LogP contribution in [0.2, 0.25) is 0 Å². The van der Waals surface area contributed by atoms with E-state index in [9.17, 15) is 9.18 Å². The van der Waals surface area contributed by atoms with Gasteiger partial charge in [0.15, 0.2) is 5.82 Å². The lowest BCUT2D eigenvalue weighted by molar-refractivity contribution is 0.141. The van der Waals surface area contributed by atoms with Crippen molar-refractivity contribution in [1.82, 2.24) is 25.0 Å². The van der Waals surface area contributed by atoms with Gasteiger partial charge in [-0.05, 0) is 31.2 Å². The zero-order chi connectivity index (χ0) is 16.2. The van der Waals surface area contributed by atoms with Gasteiger partial charge in [0.1, 0.15) is 11.6 Å². The molecule has 2 N–H and O–H groups in total. The summed E-state index contributed by atoms with van der Waals surface area (Å²) in [6.07, 6.45) is 0. The molecular weight excluding hydrogens is 299 g/mol. The standard InChI is InChI=1S/C15H19FN6O/c1-11-17-14(20-19-11)10-21-6-8-22(9-7-21)15(23)18-13-4-2-12(16)3-5-13/h2-5H,6-10H2,1H3,(H,18,23)(H,17,19,20). The zero-order valence-electron chi connectivity index (χ0n) is 12.9. The molecule has 2 heterocycles. The summed E-state index contributed by atoms with van der Waals surface area (Å²) in [7, 11) is 0. The van der Waals surface area contributed by atoms with Gasteiger partial charge < -0.3 is 10.2 Å². The van der Waals surface area contributed by atoms with Crippen LogP contribution in [0.1, 0.15) is 11.6 Å². The Hall–Kier alpha value is -2.48. The molecule has 0 unspecified atom stereocenters. The highest BCUT2D eigenvalue weighted by Gasteiger charge is 2.22. The Balaban J connectivity index is 1.48. The number of urea groups is 1. The van der Waals surface area contributed by atoms with Crippen molar-refractivity contribution in [2.75, 3.05) is 31.5 Å². The summed E-state index contributed by atoms with van der Waals surface area (Å²) in [4.78, 5) is 20.4. The van der Waals surface area contributed by atoms with Crippen LogP contribution in [-0.2, 0) is 6.54 Å². The average molecular weight is 318 g/mol. The van der Waals surface area contributed by atoms with Crippen molar-refractivity contribution in [1.29, 1.82) is 0 Å². The third-order valence-corrected chi connectivity index (χ3v) is 3.76. The molecule has 0 aliphatic carbocycles. The van der Waals surface area contributed by atoms with Gasteiger partial charge in [-0.3, -0.25) is 10.00 Å². The SMILES string of the molecule is Cc1nc(CN2CCN(C(=O)Nc3ccc(F)cc3)CC2)n[nH]1. The van der Waals surface area contributed by atoms with Crippen LogP contribution in [0.25, 0.3) is 0 Å². The Bertz CT molecular complexity index is 663. The van der Waals surface area contributed by atoms with Gasteiger partial charge in [-0.15, -0.1) is 0 Å². The highest BCUT2D eigenvalue weighted by molar-refractivity contribution is 5.89. The number of nitrogens with zero attached hydrogens (tertiary/aromatic N) is 4. The quantitative estimate of drug-likeness (QED) is 0.901. The maximum absolute atomic E-state index is 12.9. The summed E-state index contributed by atoms with van der Waals surface area (Å²) in [5, 5.41) is 9.73. The number of aromatic amines is 1. The highest BCUT2D eigenvalue weighted by atomic mass is 19.1. The van der Waals surface area contributed by atoms with E-state index in [4.69, 9.17) is 0 Å². The van der Waals surface area contributed by atoms with Crippen LogP contribution in [0, 0.1) is 12.7 Å². The molecular formula is C15H19FN6O. The van der Waals surface area contributed by atoms with Crippen LogP contribution in [0.3, 0.4) is 0 Å². The van der Waals surface area contributed by atoms with Crippen LogP contribution in [-0.4, -0.2) is 57.2 Å². The summed E-state index contributed by atoms with van der Waals surface area (Å²) in [6.45, 7) is 5.35. The monoisotopic (exact) mass is 318 g/mol. The lowest BCUT2D eigenvalue weighted by Crippen LogP contribution is -2.49. The number of anilines is 1. The molecule has 1 fully saturated rings. The van der Waals surface area contributed by atoms with E-state index in [1.54, 1.807) is 17.0 Å². The van der Waals surface area contributed by atoms with E-state index in [0.717, 1.165) is 24.7 Å².